The van der Waals surface area contributed by atoms with E-state index in [1.54, 1.807) is 0 Å². The molecule has 1 heteroatoms. The summed E-state index contributed by atoms with van der Waals surface area (Å²) in [6, 6.07) is 0. The summed E-state index contributed by atoms with van der Waals surface area (Å²) in [4.78, 5) is 0. The first-order chi connectivity index (χ1) is 6.62. The van der Waals surface area contributed by atoms with Gasteiger partial charge in [-0.25, -0.2) is 0 Å². The summed E-state index contributed by atoms with van der Waals surface area (Å²) in [5, 5.41) is 0. The van der Waals surface area contributed by atoms with Crippen LogP contribution in [0.1, 0.15) is 88.5 Å². The molecular weight excluding hydrogens is 196 g/mol. The number of hydrogen-bond acceptors (Lipinski definition) is 1. The molecule has 0 bridgehead atoms. The van der Waals surface area contributed by atoms with Gasteiger partial charge in [0.15, 0.2) is 0 Å². The molecule has 0 N–H and O–H groups in total. The fourth-order valence-electron chi connectivity index (χ4n) is 1.42. The van der Waals surface area contributed by atoms with E-state index >= 15 is 0 Å². The minimum atomic E-state index is -0.0156. The van der Waals surface area contributed by atoms with Crippen molar-refractivity contribution in [2.24, 2.45) is 0 Å². The lowest BCUT2D eigenvalue weighted by Gasteiger charge is -2.30. The second kappa shape index (κ2) is 10.1. The van der Waals surface area contributed by atoms with Crippen molar-refractivity contribution >= 4 is 0 Å². The first kappa shape index (κ1) is 21.3. The predicted molar refractivity (Wildman–Crippen MR) is 77.1 cm³/mol. The Morgan fingerprint density at radius 3 is 1.00 bits per heavy atom. The average Bonchev–Trinajstić information content (AvgIpc) is 1.94. The van der Waals surface area contributed by atoms with Gasteiger partial charge in [0.2, 0.25) is 0 Å². The molecule has 1 nitrogen and oxygen atoms in total. The second-order valence-electron chi connectivity index (χ2n) is 6.03. The molecule has 0 aromatic carbocycles. The van der Waals surface area contributed by atoms with E-state index in [4.69, 9.17) is 4.74 Å². The topological polar surface area (TPSA) is 9.23 Å². The molecule has 0 aliphatic heterocycles. The van der Waals surface area contributed by atoms with Crippen LogP contribution in [0.15, 0.2) is 0 Å². The van der Waals surface area contributed by atoms with E-state index in [2.05, 4.69) is 55.4 Å². The van der Waals surface area contributed by atoms with Gasteiger partial charge in [-0.3, -0.25) is 0 Å². The highest BCUT2D eigenvalue weighted by molar-refractivity contribution is 4.68. The second-order valence-corrected chi connectivity index (χ2v) is 6.03. The number of rotatable bonds is 3. The highest BCUT2D eigenvalue weighted by Crippen LogP contribution is 2.17. The quantitative estimate of drug-likeness (QED) is 0.557. The minimum absolute atomic E-state index is 0. The Kier molecular flexibility index (Phi) is 13.5. The molecular formula is C15H36O. The van der Waals surface area contributed by atoms with Gasteiger partial charge in [-0.15, -0.1) is 0 Å². The van der Waals surface area contributed by atoms with E-state index in [0.717, 1.165) is 0 Å². The number of ether oxygens (including phenoxy) is 1. The molecule has 0 amide bonds. The Morgan fingerprint density at radius 1 is 0.688 bits per heavy atom. The van der Waals surface area contributed by atoms with Crippen LogP contribution in [-0.4, -0.2) is 11.2 Å². The Labute approximate surface area is 105 Å². The Hall–Kier alpha value is -0.0400. The fourth-order valence-corrected chi connectivity index (χ4v) is 1.42. The summed E-state index contributed by atoms with van der Waals surface area (Å²) in [6.45, 7) is 16.9. The van der Waals surface area contributed by atoms with E-state index in [1.807, 2.05) is 0 Å². The van der Waals surface area contributed by atoms with E-state index < -0.39 is 0 Å². The predicted octanol–water partition coefficient (Wildman–Crippen LogP) is 5.82. The van der Waals surface area contributed by atoms with Gasteiger partial charge < -0.3 is 4.74 Å². The molecule has 0 fully saturated rings. The van der Waals surface area contributed by atoms with Crippen LogP contribution in [0.4, 0.5) is 0 Å². The molecule has 0 saturated carbocycles. The lowest BCUT2D eigenvalue weighted by molar-refractivity contribution is -0.102. The molecule has 0 unspecified atom stereocenters. The first-order valence-electron chi connectivity index (χ1n) is 6.32. The van der Waals surface area contributed by atoms with Gasteiger partial charge in [-0.1, -0.05) is 47.0 Å². The number of unbranched alkanes of at least 4 members (excludes halogenated alkanes) is 3. The van der Waals surface area contributed by atoms with Gasteiger partial charge in [0, 0.05) is 0 Å². The van der Waals surface area contributed by atoms with E-state index in [1.165, 1.54) is 25.7 Å². The van der Waals surface area contributed by atoms with Gasteiger partial charge in [-0.2, -0.15) is 0 Å². The first-order valence-corrected chi connectivity index (χ1v) is 6.32. The molecule has 0 radical (unpaired) electrons. The number of hydrogen-bond donors (Lipinski definition) is 0. The fraction of sp³-hybridized carbons (Fsp3) is 1.00. The zero-order valence-corrected chi connectivity index (χ0v) is 12.2. The Bertz CT molecular complexity index is 109. The van der Waals surface area contributed by atoms with Crippen LogP contribution in [0.3, 0.4) is 0 Å². The van der Waals surface area contributed by atoms with Crippen LogP contribution in [0.2, 0.25) is 0 Å². The lowest BCUT2D eigenvalue weighted by atomic mass is 10.1. The van der Waals surface area contributed by atoms with E-state index in [9.17, 15) is 0 Å². The van der Waals surface area contributed by atoms with Crippen molar-refractivity contribution < 1.29 is 4.74 Å². The molecule has 0 aromatic heterocycles. The molecule has 0 rings (SSSR count). The summed E-state index contributed by atoms with van der Waals surface area (Å²) in [5.74, 6) is 0. The van der Waals surface area contributed by atoms with Gasteiger partial charge in [0.1, 0.15) is 0 Å². The maximum Gasteiger partial charge on any atom is 0.0605 e. The Balaban J connectivity index is -0.000000214. The smallest absolute Gasteiger partial charge is 0.0605 e. The molecule has 0 saturated heterocycles. The van der Waals surface area contributed by atoms with Gasteiger partial charge in [0.05, 0.1) is 11.2 Å². The van der Waals surface area contributed by atoms with Crippen LogP contribution < -0.4 is 0 Å². The van der Waals surface area contributed by atoms with Crippen molar-refractivity contribution in [3.05, 3.63) is 0 Å². The van der Waals surface area contributed by atoms with Gasteiger partial charge in [-0.05, 0) is 41.5 Å². The van der Waals surface area contributed by atoms with Crippen molar-refractivity contribution in [2.75, 3.05) is 0 Å². The summed E-state index contributed by atoms with van der Waals surface area (Å²) in [6.07, 6.45) is 5.54. The molecule has 0 aromatic rings. The van der Waals surface area contributed by atoms with Crippen LogP contribution in [0.5, 0.6) is 0 Å². The zero-order valence-electron chi connectivity index (χ0n) is 12.2. The Morgan fingerprint density at radius 2 is 0.938 bits per heavy atom. The van der Waals surface area contributed by atoms with Crippen molar-refractivity contribution in [1.29, 1.82) is 0 Å². The third-order valence-electron chi connectivity index (χ3n) is 1.57. The van der Waals surface area contributed by atoms with Crippen molar-refractivity contribution in [2.45, 2.75) is 99.7 Å². The van der Waals surface area contributed by atoms with Crippen LogP contribution in [0.25, 0.3) is 0 Å². The largest absolute Gasteiger partial charge is 0.370 e. The SMILES string of the molecule is C.CC(C)(C)OC(C)(C)C.CCCCCC. The molecule has 0 heterocycles. The highest BCUT2D eigenvalue weighted by Gasteiger charge is 2.19. The molecule has 102 valence electrons. The van der Waals surface area contributed by atoms with Crippen molar-refractivity contribution in [3.63, 3.8) is 0 Å². The molecule has 16 heavy (non-hydrogen) atoms. The van der Waals surface area contributed by atoms with Crippen LogP contribution >= 0.6 is 0 Å². The van der Waals surface area contributed by atoms with Crippen molar-refractivity contribution in [1.82, 2.24) is 0 Å². The minimum Gasteiger partial charge on any atom is -0.370 e. The summed E-state index contributed by atoms with van der Waals surface area (Å²) in [7, 11) is 0. The molecule has 0 atom stereocenters. The summed E-state index contributed by atoms with van der Waals surface area (Å²) in [5.41, 5.74) is -0.0312. The molecule has 0 aliphatic rings. The van der Waals surface area contributed by atoms with Crippen LogP contribution in [0, 0.1) is 0 Å². The highest BCUT2D eigenvalue weighted by atomic mass is 16.5. The van der Waals surface area contributed by atoms with Crippen LogP contribution in [-0.2, 0) is 4.74 Å². The monoisotopic (exact) mass is 232 g/mol. The molecule has 0 spiro atoms. The van der Waals surface area contributed by atoms with E-state index in [0.29, 0.717) is 0 Å². The molecule has 0 aliphatic carbocycles. The van der Waals surface area contributed by atoms with E-state index in [-0.39, 0.29) is 18.6 Å². The van der Waals surface area contributed by atoms with Gasteiger partial charge in [0.25, 0.3) is 0 Å². The lowest BCUT2D eigenvalue weighted by Crippen LogP contribution is -2.31. The standard InChI is InChI=1S/C8H18O.C6H14.CH4/c1-7(2,3)9-8(4,5)6;1-3-5-6-4-2;/h1-6H3;3-6H2,1-2H3;1H4. The average molecular weight is 232 g/mol. The van der Waals surface area contributed by atoms with Crippen molar-refractivity contribution in [3.8, 4) is 0 Å². The summed E-state index contributed by atoms with van der Waals surface area (Å²) >= 11 is 0. The normalized spacial score (nSPS) is 11.2. The zero-order chi connectivity index (χ0) is 12.5. The van der Waals surface area contributed by atoms with Gasteiger partial charge >= 0.3 is 0 Å². The third kappa shape index (κ3) is 29.2. The maximum atomic E-state index is 5.62. The third-order valence-corrected chi connectivity index (χ3v) is 1.57. The summed E-state index contributed by atoms with van der Waals surface area (Å²) < 4.78 is 5.62. The maximum absolute atomic E-state index is 5.62.